The van der Waals surface area contributed by atoms with Gasteiger partial charge < -0.3 is 15.0 Å². The predicted molar refractivity (Wildman–Crippen MR) is 68.2 cm³/mol. The van der Waals surface area contributed by atoms with E-state index in [9.17, 15) is 13.2 Å². The highest BCUT2D eigenvalue weighted by Crippen LogP contribution is 2.36. The van der Waals surface area contributed by atoms with Crippen LogP contribution in [0.1, 0.15) is 24.7 Å². The molecule has 4 nitrogen and oxygen atoms in total. The first kappa shape index (κ1) is 13.2. The maximum atomic E-state index is 13.2. The quantitative estimate of drug-likeness (QED) is 0.819. The van der Waals surface area contributed by atoms with Crippen LogP contribution < -0.4 is 5.73 Å². The fourth-order valence-electron chi connectivity index (χ4n) is 2.61. The summed E-state index contributed by atoms with van der Waals surface area (Å²) in [5, 5.41) is 0. The van der Waals surface area contributed by atoms with Crippen LogP contribution in [0.3, 0.4) is 0 Å². The van der Waals surface area contributed by atoms with E-state index in [2.05, 4.69) is 4.98 Å². The first-order valence-corrected chi connectivity index (χ1v) is 6.39. The fraction of sp³-hybridized carbons (Fsp3) is 0.462. The summed E-state index contributed by atoms with van der Waals surface area (Å²) in [6, 6.07) is 4.30. The zero-order valence-corrected chi connectivity index (χ0v) is 10.7. The number of rotatable bonds is 1. The Balaban J connectivity index is 2.20. The molecule has 20 heavy (non-hydrogen) atoms. The van der Waals surface area contributed by atoms with Gasteiger partial charge in [0.25, 0.3) is 0 Å². The Hall–Kier alpha value is -1.76. The number of halogens is 3. The molecule has 1 fully saturated rings. The third kappa shape index (κ3) is 2.22. The molecule has 1 aromatic carbocycles. The van der Waals surface area contributed by atoms with Gasteiger partial charge in [-0.15, -0.1) is 0 Å². The molecule has 0 radical (unpaired) electrons. The van der Waals surface area contributed by atoms with Gasteiger partial charge in [0.1, 0.15) is 0 Å². The smallest absolute Gasteiger partial charge is 0.399 e. The lowest BCUT2D eigenvalue weighted by Crippen LogP contribution is -2.25. The Labute approximate surface area is 113 Å². The van der Waals surface area contributed by atoms with Crippen molar-refractivity contribution in [1.82, 2.24) is 9.55 Å². The standard InChI is InChI=1S/C13H14F3N3O/c14-13(15,16)12-18-10-6-8(17)3-4-11(10)19(12)9-2-1-5-20-7-9/h3-4,6,9H,1-2,5,7,17H2. The second-order valence-corrected chi connectivity index (χ2v) is 4.92. The highest BCUT2D eigenvalue weighted by molar-refractivity contribution is 5.80. The molecule has 2 aromatic rings. The molecule has 0 aliphatic carbocycles. The van der Waals surface area contributed by atoms with Crippen molar-refractivity contribution in [2.75, 3.05) is 18.9 Å². The number of nitrogens with zero attached hydrogens (tertiary/aromatic N) is 2. The molecule has 1 atom stereocenters. The Morgan fingerprint density at radius 2 is 2.15 bits per heavy atom. The summed E-state index contributed by atoms with van der Waals surface area (Å²) >= 11 is 0. The number of alkyl halides is 3. The zero-order chi connectivity index (χ0) is 14.3. The minimum absolute atomic E-state index is 0.267. The normalized spacial score (nSPS) is 20.4. The Kier molecular flexibility index (Phi) is 3.08. The van der Waals surface area contributed by atoms with Gasteiger partial charge in [-0.05, 0) is 31.0 Å². The van der Waals surface area contributed by atoms with Crippen LogP contribution in [-0.2, 0) is 10.9 Å². The molecule has 2 heterocycles. The van der Waals surface area contributed by atoms with Gasteiger partial charge >= 0.3 is 6.18 Å². The summed E-state index contributed by atoms with van der Waals surface area (Å²) in [6.07, 6.45) is -3.10. The number of fused-ring (bicyclic) bond motifs is 1. The number of anilines is 1. The molecular formula is C13H14F3N3O. The first-order valence-electron chi connectivity index (χ1n) is 6.39. The summed E-state index contributed by atoms with van der Waals surface area (Å²) in [6.45, 7) is 0.871. The molecule has 0 amide bonds. The van der Waals surface area contributed by atoms with E-state index in [-0.39, 0.29) is 18.2 Å². The third-order valence-corrected chi connectivity index (χ3v) is 3.47. The fourth-order valence-corrected chi connectivity index (χ4v) is 2.61. The van der Waals surface area contributed by atoms with Crippen molar-refractivity contribution in [2.45, 2.75) is 25.1 Å². The van der Waals surface area contributed by atoms with Gasteiger partial charge in [0.15, 0.2) is 0 Å². The molecule has 0 bridgehead atoms. The maximum Gasteiger partial charge on any atom is 0.449 e. The van der Waals surface area contributed by atoms with Crippen molar-refractivity contribution in [3.05, 3.63) is 24.0 Å². The van der Waals surface area contributed by atoms with E-state index in [1.807, 2.05) is 0 Å². The highest BCUT2D eigenvalue weighted by Gasteiger charge is 2.39. The molecule has 1 aromatic heterocycles. The molecule has 1 aliphatic rings. The summed E-state index contributed by atoms with van der Waals surface area (Å²) in [5.74, 6) is -0.881. The predicted octanol–water partition coefficient (Wildman–Crippen LogP) is 2.99. The van der Waals surface area contributed by atoms with Crippen LogP contribution >= 0.6 is 0 Å². The highest BCUT2D eigenvalue weighted by atomic mass is 19.4. The lowest BCUT2D eigenvalue weighted by Gasteiger charge is -2.26. The number of hydrogen-bond acceptors (Lipinski definition) is 3. The molecule has 1 aliphatic heterocycles. The number of nitrogens with two attached hydrogens (primary N) is 1. The van der Waals surface area contributed by atoms with Crippen LogP contribution in [0.2, 0.25) is 0 Å². The van der Waals surface area contributed by atoms with Gasteiger partial charge in [0, 0.05) is 12.3 Å². The van der Waals surface area contributed by atoms with Crippen LogP contribution in [0, 0.1) is 0 Å². The van der Waals surface area contributed by atoms with Crippen LogP contribution in [0.25, 0.3) is 11.0 Å². The average molecular weight is 285 g/mol. The van der Waals surface area contributed by atoms with Gasteiger partial charge in [-0.2, -0.15) is 13.2 Å². The lowest BCUT2D eigenvalue weighted by molar-refractivity contribution is -0.148. The molecule has 1 unspecified atom stereocenters. The third-order valence-electron chi connectivity index (χ3n) is 3.47. The monoisotopic (exact) mass is 285 g/mol. The van der Waals surface area contributed by atoms with Gasteiger partial charge in [-0.1, -0.05) is 0 Å². The molecule has 0 spiro atoms. The Morgan fingerprint density at radius 3 is 2.80 bits per heavy atom. The second-order valence-electron chi connectivity index (χ2n) is 4.92. The summed E-state index contributed by atoms with van der Waals surface area (Å²) < 4.78 is 46.1. The molecule has 2 N–H and O–H groups in total. The van der Waals surface area contributed by atoms with Gasteiger partial charge in [-0.25, -0.2) is 4.98 Å². The van der Waals surface area contributed by atoms with Crippen molar-refractivity contribution < 1.29 is 17.9 Å². The first-order chi connectivity index (χ1) is 9.47. The van der Waals surface area contributed by atoms with Crippen LogP contribution in [-0.4, -0.2) is 22.8 Å². The van der Waals surface area contributed by atoms with E-state index >= 15 is 0 Å². The summed E-state index contributed by atoms with van der Waals surface area (Å²) in [4.78, 5) is 3.72. The molecule has 3 rings (SSSR count). The van der Waals surface area contributed by atoms with Crippen LogP contribution in [0.4, 0.5) is 18.9 Å². The SMILES string of the molecule is Nc1ccc2c(c1)nc(C(F)(F)F)n2C1CCCOC1. The van der Waals surface area contributed by atoms with E-state index < -0.39 is 12.0 Å². The number of aromatic nitrogens is 2. The van der Waals surface area contributed by atoms with Crippen LogP contribution in [0.15, 0.2) is 18.2 Å². The largest absolute Gasteiger partial charge is 0.449 e. The molecule has 1 saturated heterocycles. The van der Waals surface area contributed by atoms with Gasteiger partial charge in [0.2, 0.25) is 5.82 Å². The summed E-state index contributed by atoms with van der Waals surface area (Å²) in [5.41, 5.74) is 6.73. The Morgan fingerprint density at radius 1 is 1.35 bits per heavy atom. The van der Waals surface area contributed by atoms with Crippen LogP contribution in [0.5, 0.6) is 0 Å². The van der Waals surface area contributed by atoms with Crippen molar-refractivity contribution in [3.8, 4) is 0 Å². The van der Waals surface area contributed by atoms with Gasteiger partial charge in [-0.3, -0.25) is 0 Å². The number of nitrogen functional groups attached to an aromatic ring is 1. The van der Waals surface area contributed by atoms with E-state index in [4.69, 9.17) is 10.5 Å². The van der Waals surface area contributed by atoms with E-state index in [1.165, 1.54) is 10.6 Å². The zero-order valence-electron chi connectivity index (χ0n) is 10.7. The second kappa shape index (κ2) is 4.66. The Bertz CT molecular complexity index is 630. The summed E-state index contributed by atoms with van der Waals surface area (Å²) in [7, 11) is 0. The average Bonchev–Trinajstić information content (AvgIpc) is 2.78. The van der Waals surface area contributed by atoms with Crippen molar-refractivity contribution in [2.24, 2.45) is 0 Å². The lowest BCUT2D eigenvalue weighted by atomic mass is 10.1. The number of ether oxygens (including phenoxy) is 1. The number of hydrogen-bond donors (Lipinski definition) is 1. The molecule has 7 heteroatoms. The molecular weight excluding hydrogens is 271 g/mol. The number of benzene rings is 1. The minimum Gasteiger partial charge on any atom is -0.399 e. The number of imidazole rings is 1. The van der Waals surface area contributed by atoms with E-state index in [1.54, 1.807) is 12.1 Å². The van der Waals surface area contributed by atoms with Crippen molar-refractivity contribution >= 4 is 16.7 Å². The van der Waals surface area contributed by atoms with Gasteiger partial charge in [0.05, 0.1) is 23.7 Å². The molecule has 108 valence electrons. The topological polar surface area (TPSA) is 53.1 Å². The van der Waals surface area contributed by atoms with E-state index in [0.29, 0.717) is 24.2 Å². The molecule has 0 saturated carbocycles. The maximum absolute atomic E-state index is 13.2. The van der Waals surface area contributed by atoms with E-state index in [0.717, 1.165) is 6.42 Å². The minimum atomic E-state index is -4.49. The van der Waals surface area contributed by atoms with Crippen molar-refractivity contribution in [3.63, 3.8) is 0 Å². The van der Waals surface area contributed by atoms with Crippen molar-refractivity contribution in [1.29, 1.82) is 0 Å².